The smallest absolute Gasteiger partial charge is 0.316 e. The van der Waals surface area contributed by atoms with Gasteiger partial charge in [0.2, 0.25) is 10.0 Å². The van der Waals surface area contributed by atoms with E-state index in [0.717, 1.165) is 33.2 Å². The van der Waals surface area contributed by atoms with Gasteiger partial charge in [0.15, 0.2) is 0 Å². The topological polar surface area (TPSA) is 115 Å². The minimum absolute atomic E-state index is 0.00870. The van der Waals surface area contributed by atoms with Crippen LogP contribution in [0.4, 0.5) is 5.69 Å². The number of pyridine rings is 1. The maximum absolute atomic E-state index is 12.7. The second-order valence-electron chi connectivity index (χ2n) is 7.36. The van der Waals surface area contributed by atoms with Gasteiger partial charge < -0.3 is 4.98 Å². The number of nitrogens with zero attached hydrogens (tertiary/aromatic N) is 2. The highest BCUT2D eigenvalue weighted by atomic mass is 32.2. The van der Waals surface area contributed by atoms with Gasteiger partial charge in [-0.05, 0) is 48.7 Å². The van der Waals surface area contributed by atoms with E-state index in [1.54, 1.807) is 12.4 Å². The average molecular weight is 438 g/mol. The van der Waals surface area contributed by atoms with Crippen molar-refractivity contribution in [2.45, 2.75) is 25.3 Å². The van der Waals surface area contributed by atoms with Crippen LogP contribution in [0, 0.1) is 18.8 Å². The molecule has 0 bridgehead atoms. The maximum Gasteiger partial charge on any atom is 0.316 e. The fraction of sp³-hybridized carbons (Fsp3) is 0.136. The molecule has 0 aliphatic carbocycles. The van der Waals surface area contributed by atoms with E-state index in [0.29, 0.717) is 5.65 Å². The summed E-state index contributed by atoms with van der Waals surface area (Å²) in [5, 5.41) is 9.76. The van der Waals surface area contributed by atoms with Crippen LogP contribution < -0.4 is 4.72 Å². The summed E-state index contributed by atoms with van der Waals surface area (Å²) in [5.74, 6) is 0. The Labute approximate surface area is 179 Å². The van der Waals surface area contributed by atoms with Gasteiger partial charge in [0.05, 0.1) is 9.80 Å². The quantitative estimate of drug-likeness (QED) is 0.393. The van der Waals surface area contributed by atoms with Gasteiger partial charge >= 0.3 is 5.69 Å². The lowest BCUT2D eigenvalue weighted by Crippen LogP contribution is -2.23. The van der Waals surface area contributed by atoms with E-state index < -0.39 is 10.0 Å². The number of aromatic amines is 1. The third kappa shape index (κ3) is 4.18. The van der Waals surface area contributed by atoms with Gasteiger partial charge in [0, 0.05) is 36.5 Å². The Kier molecular flexibility index (Phi) is 5.30. The molecule has 8 nitrogen and oxygen atoms in total. The van der Waals surface area contributed by atoms with Gasteiger partial charge in [-0.25, -0.2) is 23.3 Å². The first-order chi connectivity index (χ1) is 14.7. The van der Waals surface area contributed by atoms with Gasteiger partial charge in [-0.3, -0.25) is 0 Å². The van der Waals surface area contributed by atoms with Crippen molar-refractivity contribution >= 4 is 26.7 Å². The molecule has 2 aromatic carbocycles. The lowest BCUT2D eigenvalue weighted by atomic mass is 9.98. The Bertz CT molecular complexity index is 1370. The number of aryl methyl sites for hydroxylation is 2. The first-order valence-corrected chi connectivity index (χ1v) is 11.0. The van der Waals surface area contributed by atoms with E-state index in [4.69, 9.17) is 5.21 Å². The van der Waals surface area contributed by atoms with Crippen molar-refractivity contribution in [3.63, 3.8) is 0 Å². The van der Waals surface area contributed by atoms with Crippen LogP contribution in [-0.2, 0) is 16.6 Å². The molecule has 2 heterocycles. The van der Waals surface area contributed by atoms with Crippen LogP contribution in [0.1, 0.15) is 16.7 Å². The first-order valence-electron chi connectivity index (χ1n) is 9.54. The third-order valence-corrected chi connectivity index (χ3v) is 6.43. The third-order valence-electron chi connectivity index (χ3n) is 5.01. The number of benzene rings is 2. The van der Waals surface area contributed by atoms with E-state index in [1.807, 2.05) is 19.9 Å². The Morgan fingerprint density at radius 3 is 2.39 bits per heavy atom. The van der Waals surface area contributed by atoms with Crippen LogP contribution in [0.15, 0.2) is 65.8 Å². The van der Waals surface area contributed by atoms with Gasteiger partial charge in [0.25, 0.3) is 4.92 Å². The van der Waals surface area contributed by atoms with Gasteiger partial charge in [-0.2, -0.15) is 0 Å². The molecule has 0 unspecified atom stereocenters. The second-order valence-corrected chi connectivity index (χ2v) is 9.13. The van der Waals surface area contributed by atoms with E-state index in [-0.39, 0.29) is 22.1 Å². The summed E-state index contributed by atoms with van der Waals surface area (Å²) in [6, 6.07) is 13.2. The van der Waals surface area contributed by atoms with Gasteiger partial charge in [0.1, 0.15) is 5.65 Å². The first kappa shape index (κ1) is 20.7. The van der Waals surface area contributed by atoms with Crippen molar-refractivity contribution in [1.82, 2.24) is 14.7 Å². The molecule has 158 valence electrons. The lowest BCUT2D eigenvalue weighted by Gasteiger charge is -2.10. The van der Waals surface area contributed by atoms with Crippen LogP contribution in [0.3, 0.4) is 0 Å². The zero-order valence-electron chi connectivity index (χ0n) is 17.0. The molecular weight excluding hydrogens is 416 g/mol. The highest BCUT2D eigenvalue weighted by Crippen LogP contribution is 2.31. The van der Waals surface area contributed by atoms with Crippen molar-refractivity contribution in [2.75, 3.05) is 0 Å². The molecule has 0 amide bonds. The van der Waals surface area contributed by atoms with E-state index in [1.165, 1.54) is 24.3 Å². The molecule has 0 radical (unpaired) electrons. The van der Waals surface area contributed by atoms with Crippen molar-refractivity contribution in [1.29, 1.82) is 0 Å². The largest absolute Gasteiger partial charge is 0.346 e. The number of aromatic nitrogens is 2. The summed E-state index contributed by atoms with van der Waals surface area (Å²) < 4.78 is 28.0. The zero-order chi connectivity index (χ0) is 22.2. The summed E-state index contributed by atoms with van der Waals surface area (Å²) in [7, 11) is -3.82. The molecule has 0 saturated heterocycles. The Morgan fingerprint density at radius 2 is 1.74 bits per heavy atom. The summed E-state index contributed by atoms with van der Waals surface area (Å²) in [6.07, 6.45) is 3.47. The Morgan fingerprint density at radius 1 is 1.06 bits per heavy atom. The normalized spacial score (nSPS) is 11.7. The van der Waals surface area contributed by atoms with E-state index in [9.17, 15) is 13.3 Å². The summed E-state index contributed by atoms with van der Waals surface area (Å²) in [5.41, 5.74) is 5.67. The van der Waals surface area contributed by atoms with Crippen molar-refractivity contribution in [3.05, 3.63) is 82.5 Å². The van der Waals surface area contributed by atoms with Crippen LogP contribution in [0.25, 0.3) is 22.2 Å². The number of hydrogen-bond donors (Lipinski definition) is 3. The summed E-state index contributed by atoms with van der Waals surface area (Å²) in [4.78, 5) is 18.1. The standard InChI is InChI=1S/C22H21N4O4S/c1-14-9-15(2)11-16(10-14)20-7-8-23-22-21(20)17(12-24-22)13-25-31(29,30)19-5-3-18(4-6-19)26(27)28/h3-12,25H,13H2,1-2H3,(H,23,24)(H,27,28)/q+1. The highest BCUT2D eigenvalue weighted by molar-refractivity contribution is 7.89. The molecule has 0 aliphatic rings. The minimum atomic E-state index is -3.82. The predicted molar refractivity (Wildman–Crippen MR) is 117 cm³/mol. The lowest BCUT2D eigenvalue weighted by molar-refractivity contribution is -0.729. The number of fused-ring (bicyclic) bond motifs is 1. The fourth-order valence-electron chi connectivity index (χ4n) is 3.64. The van der Waals surface area contributed by atoms with Gasteiger partial charge in [-0.1, -0.05) is 29.3 Å². The second kappa shape index (κ2) is 7.93. The summed E-state index contributed by atoms with van der Waals surface area (Å²) >= 11 is 0. The molecule has 31 heavy (non-hydrogen) atoms. The average Bonchev–Trinajstić information content (AvgIpc) is 3.15. The molecule has 0 atom stereocenters. The van der Waals surface area contributed by atoms with Crippen LogP contribution in [-0.4, -0.2) is 28.5 Å². The molecular formula is C22H21N4O4S+. The SMILES string of the molecule is Cc1cc(C)cc(-c2ccnc3[nH]cc(CNS(=O)(=O)c4ccc([N+](=O)O)cc4)c23)c1. The fourth-order valence-corrected chi connectivity index (χ4v) is 4.65. The van der Waals surface area contributed by atoms with Crippen molar-refractivity contribution < 1.29 is 18.5 Å². The molecule has 0 aliphatic heterocycles. The molecule has 0 fully saturated rings. The van der Waals surface area contributed by atoms with Crippen molar-refractivity contribution in [3.8, 4) is 11.1 Å². The zero-order valence-corrected chi connectivity index (χ0v) is 17.8. The van der Waals surface area contributed by atoms with Crippen LogP contribution in [0.2, 0.25) is 0 Å². The molecule has 0 spiro atoms. The number of hydrogen-bond acceptors (Lipinski definition) is 4. The van der Waals surface area contributed by atoms with Crippen LogP contribution >= 0.6 is 0 Å². The number of sulfonamides is 1. The minimum Gasteiger partial charge on any atom is -0.346 e. The predicted octanol–water partition coefficient (Wildman–Crippen LogP) is 4.12. The molecule has 3 N–H and O–H groups in total. The number of rotatable bonds is 6. The maximum atomic E-state index is 12.7. The number of nitrogens with one attached hydrogen (secondary N) is 2. The molecule has 0 saturated carbocycles. The Hall–Kier alpha value is -3.56. The number of H-pyrrole nitrogens is 1. The molecule has 9 heteroatoms. The molecule has 4 aromatic rings. The Balaban J connectivity index is 1.67. The highest BCUT2D eigenvalue weighted by Gasteiger charge is 2.19. The van der Waals surface area contributed by atoms with Crippen molar-refractivity contribution in [2.24, 2.45) is 0 Å². The summed E-state index contributed by atoms with van der Waals surface area (Å²) in [6.45, 7) is 4.13. The monoisotopic (exact) mass is 437 g/mol. The van der Waals surface area contributed by atoms with E-state index in [2.05, 4.69) is 32.9 Å². The van der Waals surface area contributed by atoms with Gasteiger partial charge in [-0.15, -0.1) is 0 Å². The van der Waals surface area contributed by atoms with E-state index >= 15 is 0 Å². The molecule has 2 aromatic heterocycles. The molecule has 4 rings (SSSR count). The van der Waals surface area contributed by atoms with Crippen LogP contribution in [0.5, 0.6) is 0 Å².